The topological polar surface area (TPSA) is 98.6 Å². The highest BCUT2D eigenvalue weighted by Crippen LogP contribution is 2.60. The Bertz CT molecular complexity index is 967. The molecule has 39 heavy (non-hydrogen) atoms. The van der Waals surface area contributed by atoms with Crippen LogP contribution >= 0.6 is 24.8 Å². The van der Waals surface area contributed by atoms with E-state index in [-0.39, 0.29) is 47.2 Å². The van der Waals surface area contributed by atoms with Crippen molar-refractivity contribution in [3.05, 3.63) is 71.8 Å². The van der Waals surface area contributed by atoms with Crippen LogP contribution in [0.15, 0.2) is 60.7 Å². The van der Waals surface area contributed by atoms with Crippen molar-refractivity contribution >= 4 is 30.7 Å². The van der Waals surface area contributed by atoms with Gasteiger partial charge in [-0.2, -0.15) is 0 Å². The second-order valence-corrected chi connectivity index (χ2v) is 12.1. The fraction of sp³-hybridized carbons (Fsp3) is 0.581. The predicted molar refractivity (Wildman–Crippen MR) is 163 cm³/mol. The number of rotatable bonds is 8. The Balaban J connectivity index is 0.00000133. The first kappa shape index (κ1) is 33.5. The van der Waals surface area contributed by atoms with Crippen LogP contribution < -0.4 is 5.32 Å². The van der Waals surface area contributed by atoms with Gasteiger partial charge >= 0.3 is 0 Å². The Morgan fingerprint density at radius 3 is 1.72 bits per heavy atom. The molecule has 4 bridgehead atoms. The number of amides is 1. The van der Waals surface area contributed by atoms with Crippen molar-refractivity contribution in [3.63, 3.8) is 0 Å². The lowest BCUT2D eigenvalue weighted by atomic mass is 9.49. The first-order valence-corrected chi connectivity index (χ1v) is 14.0. The molecule has 1 aliphatic heterocycles. The second-order valence-electron chi connectivity index (χ2n) is 12.1. The quantitative estimate of drug-likeness (QED) is 0.512. The summed E-state index contributed by atoms with van der Waals surface area (Å²) in [5.74, 6) is 2.78. The number of benzene rings is 2. The lowest BCUT2D eigenvalue weighted by Gasteiger charge is -2.56. The van der Waals surface area contributed by atoms with Crippen LogP contribution in [0, 0.1) is 23.2 Å². The Morgan fingerprint density at radius 2 is 1.21 bits per heavy atom. The minimum Gasteiger partial charge on any atom is -0.412 e. The Hall–Kier alpha value is -1.67. The molecule has 1 amide bonds. The normalized spacial score (nSPS) is 28.2. The van der Waals surface area contributed by atoms with Crippen molar-refractivity contribution in [2.75, 3.05) is 32.7 Å². The van der Waals surface area contributed by atoms with Gasteiger partial charge in [0.2, 0.25) is 5.91 Å². The summed E-state index contributed by atoms with van der Waals surface area (Å²) >= 11 is 0. The molecule has 218 valence electrons. The number of piperazine rings is 1. The van der Waals surface area contributed by atoms with Gasteiger partial charge in [-0.05, 0) is 73.8 Å². The van der Waals surface area contributed by atoms with E-state index in [1.54, 1.807) is 0 Å². The Kier molecular flexibility index (Phi) is 12.7. The SMILES string of the molecule is Cl.Cl.O.O.O=C(N[C@@H](Cc1ccccc1)CN1CCN(Cc2ccccc2)CC1)C12CC3CC(CC(C3)C1)C2. The molecular formula is C31H47Cl2N3O3. The van der Waals surface area contributed by atoms with Crippen molar-refractivity contribution in [3.8, 4) is 0 Å². The zero-order valence-electron chi connectivity index (χ0n) is 22.9. The summed E-state index contributed by atoms with van der Waals surface area (Å²) in [4.78, 5) is 19.0. The van der Waals surface area contributed by atoms with Crippen molar-refractivity contribution in [2.24, 2.45) is 23.2 Å². The second kappa shape index (κ2) is 14.8. The van der Waals surface area contributed by atoms with E-state index in [4.69, 9.17) is 0 Å². The van der Waals surface area contributed by atoms with Gasteiger partial charge in [-0.15, -0.1) is 24.8 Å². The van der Waals surface area contributed by atoms with Crippen LogP contribution in [0.25, 0.3) is 0 Å². The summed E-state index contributed by atoms with van der Waals surface area (Å²) in [6.07, 6.45) is 8.49. The van der Waals surface area contributed by atoms with Crippen molar-refractivity contribution in [1.29, 1.82) is 0 Å². The third-order valence-electron chi connectivity index (χ3n) is 9.37. The number of carbonyl (C=O) groups excluding carboxylic acids is 1. The molecule has 1 heterocycles. The summed E-state index contributed by atoms with van der Waals surface area (Å²) in [6, 6.07) is 21.7. The highest BCUT2D eigenvalue weighted by atomic mass is 35.5. The zero-order chi connectivity index (χ0) is 23.7. The molecule has 2 aromatic carbocycles. The molecule has 4 aliphatic carbocycles. The van der Waals surface area contributed by atoms with Gasteiger partial charge in [0.25, 0.3) is 0 Å². The molecule has 6 nitrogen and oxygen atoms in total. The van der Waals surface area contributed by atoms with Crippen LogP contribution in [0.4, 0.5) is 0 Å². The first-order chi connectivity index (χ1) is 17.1. The Morgan fingerprint density at radius 1 is 0.744 bits per heavy atom. The molecule has 8 heteroatoms. The van der Waals surface area contributed by atoms with Crippen molar-refractivity contribution < 1.29 is 15.7 Å². The molecule has 0 aromatic heterocycles. The van der Waals surface area contributed by atoms with Crippen LogP contribution in [0.2, 0.25) is 0 Å². The third-order valence-corrected chi connectivity index (χ3v) is 9.37. The number of nitrogens with zero attached hydrogens (tertiary/aromatic N) is 2. The van der Waals surface area contributed by atoms with E-state index in [1.165, 1.54) is 30.4 Å². The first-order valence-electron chi connectivity index (χ1n) is 14.0. The average Bonchev–Trinajstić information content (AvgIpc) is 2.86. The number of hydrogen-bond donors (Lipinski definition) is 1. The smallest absolute Gasteiger partial charge is 0.226 e. The summed E-state index contributed by atoms with van der Waals surface area (Å²) in [5, 5.41) is 3.63. The highest BCUT2D eigenvalue weighted by molar-refractivity contribution is 5.85. The zero-order valence-corrected chi connectivity index (χ0v) is 24.5. The van der Waals surface area contributed by atoms with E-state index in [1.807, 2.05) is 0 Å². The summed E-state index contributed by atoms with van der Waals surface area (Å²) in [6.45, 7) is 6.32. The summed E-state index contributed by atoms with van der Waals surface area (Å²) in [7, 11) is 0. The van der Waals surface area contributed by atoms with Gasteiger partial charge in [-0.1, -0.05) is 60.7 Å². The fourth-order valence-corrected chi connectivity index (χ4v) is 8.07. The molecule has 0 radical (unpaired) electrons. The number of hydrogen-bond acceptors (Lipinski definition) is 3. The van der Waals surface area contributed by atoms with Gasteiger partial charge < -0.3 is 16.3 Å². The molecule has 1 saturated heterocycles. The van der Waals surface area contributed by atoms with Crippen molar-refractivity contribution in [1.82, 2.24) is 15.1 Å². The van der Waals surface area contributed by atoms with Crippen LogP contribution in [-0.2, 0) is 17.8 Å². The molecule has 0 spiro atoms. The number of carbonyl (C=O) groups is 1. The van der Waals surface area contributed by atoms with Crippen LogP contribution in [0.1, 0.15) is 49.7 Å². The van der Waals surface area contributed by atoms with Crippen LogP contribution in [0.5, 0.6) is 0 Å². The minimum absolute atomic E-state index is 0. The van der Waals surface area contributed by atoms with Gasteiger partial charge in [0.15, 0.2) is 0 Å². The molecule has 5 aliphatic rings. The average molecular weight is 581 g/mol. The molecule has 5 N–H and O–H groups in total. The molecule has 5 fully saturated rings. The lowest BCUT2D eigenvalue weighted by Crippen LogP contribution is -2.57. The molecule has 1 atom stereocenters. The highest BCUT2D eigenvalue weighted by Gasteiger charge is 2.54. The van der Waals surface area contributed by atoms with E-state index in [0.717, 1.165) is 82.7 Å². The standard InChI is InChI=1S/C31H41N3O.2ClH.2H2O/c35-30(31-19-26-15-27(20-31)17-28(16-26)21-31)32-29(18-24-7-3-1-4-8-24)23-34-13-11-33(12-14-34)22-25-9-5-2-6-10-25;;;;/h1-10,26-29H,11-23H2,(H,32,35);2*1H;2*1H2/t26?,27?,28?,29-,31?;;;;/m0..../s1. The van der Waals surface area contributed by atoms with Gasteiger partial charge in [0.1, 0.15) is 0 Å². The van der Waals surface area contributed by atoms with E-state index >= 15 is 0 Å². The van der Waals surface area contributed by atoms with E-state index in [0.29, 0.717) is 5.91 Å². The fourth-order valence-electron chi connectivity index (χ4n) is 8.07. The summed E-state index contributed by atoms with van der Waals surface area (Å²) < 4.78 is 0. The number of nitrogens with one attached hydrogen (secondary N) is 1. The predicted octanol–water partition coefficient (Wildman–Crippen LogP) is 3.94. The summed E-state index contributed by atoms with van der Waals surface area (Å²) in [5.41, 5.74) is 2.65. The molecular weight excluding hydrogens is 533 g/mol. The molecule has 0 unspecified atom stereocenters. The van der Waals surface area contributed by atoms with Gasteiger partial charge in [0.05, 0.1) is 0 Å². The van der Waals surface area contributed by atoms with Gasteiger partial charge in [-0.3, -0.25) is 14.6 Å². The molecule has 2 aromatic rings. The maximum Gasteiger partial charge on any atom is 0.226 e. The lowest BCUT2D eigenvalue weighted by molar-refractivity contribution is -0.147. The maximum absolute atomic E-state index is 13.9. The van der Waals surface area contributed by atoms with Crippen LogP contribution in [0.3, 0.4) is 0 Å². The third kappa shape index (κ3) is 7.96. The largest absolute Gasteiger partial charge is 0.412 e. The van der Waals surface area contributed by atoms with E-state index in [9.17, 15) is 4.79 Å². The maximum atomic E-state index is 13.9. The Labute approximate surface area is 246 Å². The van der Waals surface area contributed by atoms with Crippen LogP contribution in [-0.4, -0.2) is 65.4 Å². The van der Waals surface area contributed by atoms with Gasteiger partial charge in [0, 0.05) is 50.7 Å². The van der Waals surface area contributed by atoms with E-state index in [2.05, 4.69) is 75.8 Å². The monoisotopic (exact) mass is 579 g/mol. The van der Waals surface area contributed by atoms with E-state index < -0.39 is 0 Å². The van der Waals surface area contributed by atoms with Gasteiger partial charge in [-0.25, -0.2) is 0 Å². The molecule has 7 rings (SSSR count). The number of halogens is 2. The van der Waals surface area contributed by atoms with Crippen molar-refractivity contribution in [2.45, 2.75) is 57.5 Å². The molecule has 4 saturated carbocycles. The minimum atomic E-state index is -0.0714.